The van der Waals surface area contributed by atoms with E-state index in [1.807, 2.05) is 20.8 Å². The van der Waals surface area contributed by atoms with Crippen LogP contribution in [-0.4, -0.2) is 31.9 Å². The summed E-state index contributed by atoms with van der Waals surface area (Å²) in [6.07, 6.45) is 0. The minimum Gasteiger partial charge on any atom is -0.477 e. The summed E-state index contributed by atoms with van der Waals surface area (Å²) in [6.45, 7) is 7.75. The Morgan fingerprint density at radius 3 is 2.68 bits per heavy atom. The molecule has 0 radical (unpaired) electrons. The van der Waals surface area contributed by atoms with Crippen LogP contribution in [0.25, 0.3) is 5.65 Å². The van der Waals surface area contributed by atoms with Crippen molar-refractivity contribution in [3.05, 3.63) is 17.2 Å². The molecule has 0 aliphatic carbocycles. The summed E-state index contributed by atoms with van der Waals surface area (Å²) in [6, 6.07) is 1.81. The van der Waals surface area contributed by atoms with Crippen molar-refractivity contribution in [1.82, 2.24) is 19.4 Å². The number of carbonyl (C=O) groups is 1. The first-order chi connectivity index (χ1) is 8.95. The molecule has 2 aromatic rings. The maximum atomic E-state index is 11.4. The van der Waals surface area contributed by atoms with Gasteiger partial charge in [-0.15, -0.1) is 10.2 Å². The maximum absolute atomic E-state index is 11.4. The second-order valence-corrected chi connectivity index (χ2v) is 4.52. The van der Waals surface area contributed by atoms with Crippen molar-refractivity contribution in [1.29, 1.82) is 5.41 Å². The molecule has 102 valence electrons. The van der Waals surface area contributed by atoms with Crippen LogP contribution in [0.15, 0.2) is 6.07 Å². The number of nitrogens with one attached hydrogen (secondary N) is 1. The molecule has 0 unspecified atom stereocenters. The van der Waals surface area contributed by atoms with Gasteiger partial charge >= 0.3 is 0 Å². The number of aromatic nitrogens is 4. The number of rotatable bonds is 3. The molecule has 7 heteroatoms. The monoisotopic (exact) mass is 263 g/mol. The Morgan fingerprint density at radius 2 is 2.16 bits per heavy atom. The molecule has 0 aromatic carbocycles. The number of hydrogen-bond acceptors (Lipinski definition) is 5. The van der Waals surface area contributed by atoms with Crippen molar-refractivity contribution in [3.8, 4) is 5.88 Å². The van der Waals surface area contributed by atoms with Crippen LogP contribution in [0.2, 0.25) is 0 Å². The molecule has 2 heterocycles. The Kier molecular flexibility index (Phi) is 3.37. The number of nitrogens with zero attached hydrogens (tertiary/aromatic N) is 4. The summed E-state index contributed by atoms with van der Waals surface area (Å²) < 4.78 is 7.76. The Balaban J connectivity index is 2.80. The van der Waals surface area contributed by atoms with E-state index in [1.165, 1.54) is 11.4 Å². The molecule has 0 amide bonds. The van der Waals surface area contributed by atoms with Crippen molar-refractivity contribution >= 4 is 11.6 Å². The van der Waals surface area contributed by atoms with Gasteiger partial charge in [0, 0.05) is 18.6 Å². The van der Waals surface area contributed by atoms with Crippen LogP contribution in [-0.2, 0) is 0 Å². The van der Waals surface area contributed by atoms with Crippen LogP contribution in [0.4, 0.5) is 0 Å². The molecule has 0 aliphatic rings. The first-order valence-corrected chi connectivity index (χ1v) is 6.17. The Bertz CT molecular complexity index is 683. The van der Waals surface area contributed by atoms with Gasteiger partial charge in [0.2, 0.25) is 17.4 Å². The van der Waals surface area contributed by atoms with Gasteiger partial charge in [-0.3, -0.25) is 10.2 Å². The van der Waals surface area contributed by atoms with Crippen molar-refractivity contribution < 1.29 is 9.53 Å². The third kappa shape index (κ3) is 2.23. The van der Waals surface area contributed by atoms with Gasteiger partial charge in [0.1, 0.15) is 0 Å². The van der Waals surface area contributed by atoms with Gasteiger partial charge in [-0.1, -0.05) is 13.8 Å². The fourth-order valence-electron chi connectivity index (χ4n) is 1.84. The molecule has 0 aliphatic heterocycles. The molecule has 0 spiro atoms. The van der Waals surface area contributed by atoms with Gasteiger partial charge < -0.3 is 4.74 Å². The molecular weight excluding hydrogens is 246 g/mol. The quantitative estimate of drug-likeness (QED) is 0.901. The molecule has 0 bridgehead atoms. The lowest BCUT2D eigenvalue weighted by Gasteiger charge is -2.08. The van der Waals surface area contributed by atoms with E-state index in [-0.39, 0.29) is 17.4 Å². The Hall–Kier alpha value is -2.18. The summed E-state index contributed by atoms with van der Waals surface area (Å²) in [4.78, 5) is 11.4. The predicted octanol–water partition coefficient (Wildman–Crippen LogP) is 1.19. The minimum atomic E-state index is -0.317. The molecular formula is C12H17N5O2. The topological polar surface area (TPSA) is 85.3 Å². The van der Waals surface area contributed by atoms with Crippen molar-refractivity contribution in [2.75, 3.05) is 6.61 Å². The molecule has 1 N–H and O–H groups in total. The van der Waals surface area contributed by atoms with Crippen LogP contribution < -0.4 is 10.4 Å². The lowest BCUT2D eigenvalue weighted by Crippen LogP contribution is -2.26. The first-order valence-electron chi connectivity index (χ1n) is 6.17. The Labute approximate surface area is 110 Å². The minimum absolute atomic E-state index is 0.0778. The third-order valence-electron chi connectivity index (χ3n) is 2.74. The Morgan fingerprint density at radius 1 is 1.47 bits per heavy atom. The second-order valence-electron chi connectivity index (χ2n) is 4.52. The van der Waals surface area contributed by atoms with Gasteiger partial charge in [0.05, 0.1) is 6.61 Å². The van der Waals surface area contributed by atoms with E-state index in [4.69, 9.17) is 10.1 Å². The van der Waals surface area contributed by atoms with E-state index in [0.717, 1.165) is 10.2 Å². The molecule has 2 aromatic heterocycles. The van der Waals surface area contributed by atoms with Crippen LogP contribution in [0.3, 0.4) is 0 Å². The van der Waals surface area contributed by atoms with Gasteiger partial charge in [0.15, 0.2) is 5.65 Å². The fourth-order valence-corrected chi connectivity index (χ4v) is 1.84. The van der Waals surface area contributed by atoms with E-state index >= 15 is 0 Å². The third-order valence-corrected chi connectivity index (χ3v) is 2.74. The summed E-state index contributed by atoms with van der Waals surface area (Å²) in [7, 11) is 0. The molecule has 7 nitrogen and oxygen atoms in total. The SMILES string of the molecule is CCOc1cc(C(C)C)c2nn(C(C)=O)c(=N)n2n1. The normalized spacial score (nSPS) is 11.2. The summed E-state index contributed by atoms with van der Waals surface area (Å²) >= 11 is 0. The highest BCUT2D eigenvalue weighted by Crippen LogP contribution is 2.21. The standard InChI is InChI=1S/C12H17N5O2/c1-5-19-10-6-9(7(2)3)11-15-16(8(4)18)12(13)17(11)14-10/h6-7,13H,5H2,1-4H3. The fraction of sp³-hybridized carbons (Fsp3) is 0.500. The van der Waals surface area contributed by atoms with Crippen LogP contribution in [0, 0.1) is 5.41 Å². The summed E-state index contributed by atoms with van der Waals surface area (Å²) in [5.74, 6) is 0.301. The number of hydrogen-bond donors (Lipinski definition) is 1. The first kappa shape index (κ1) is 13.3. The zero-order valence-electron chi connectivity index (χ0n) is 11.5. The van der Waals surface area contributed by atoms with Gasteiger partial charge in [0.25, 0.3) is 0 Å². The molecule has 2 rings (SSSR count). The molecule has 0 saturated carbocycles. The maximum Gasteiger partial charge on any atom is 0.249 e. The van der Waals surface area contributed by atoms with E-state index in [9.17, 15) is 4.79 Å². The zero-order valence-corrected chi connectivity index (χ0v) is 11.5. The smallest absolute Gasteiger partial charge is 0.249 e. The second kappa shape index (κ2) is 4.83. The van der Waals surface area contributed by atoms with Crippen molar-refractivity contribution in [2.45, 2.75) is 33.6 Å². The van der Waals surface area contributed by atoms with Gasteiger partial charge in [-0.05, 0) is 12.8 Å². The van der Waals surface area contributed by atoms with E-state index < -0.39 is 0 Å². The average Bonchev–Trinajstić information content (AvgIpc) is 2.67. The van der Waals surface area contributed by atoms with Gasteiger partial charge in [-0.25, -0.2) is 0 Å². The summed E-state index contributed by atoms with van der Waals surface area (Å²) in [5.41, 5.74) is 1.33. The number of ether oxygens (including phenoxy) is 1. The van der Waals surface area contributed by atoms with E-state index in [2.05, 4.69) is 10.2 Å². The largest absolute Gasteiger partial charge is 0.477 e. The van der Waals surface area contributed by atoms with Crippen LogP contribution in [0.1, 0.15) is 44.0 Å². The van der Waals surface area contributed by atoms with Gasteiger partial charge in [-0.2, -0.15) is 9.20 Å². The van der Waals surface area contributed by atoms with Crippen LogP contribution in [0.5, 0.6) is 5.88 Å². The zero-order chi connectivity index (χ0) is 14.2. The highest BCUT2D eigenvalue weighted by Gasteiger charge is 2.16. The van der Waals surface area contributed by atoms with Crippen LogP contribution >= 0.6 is 0 Å². The number of carbonyl (C=O) groups excluding carboxylic acids is 1. The van der Waals surface area contributed by atoms with E-state index in [0.29, 0.717) is 18.1 Å². The lowest BCUT2D eigenvalue weighted by atomic mass is 10.1. The predicted molar refractivity (Wildman–Crippen MR) is 68.4 cm³/mol. The van der Waals surface area contributed by atoms with Crippen molar-refractivity contribution in [2.24, 2.45) is 0 Å². The molecule has 0 fully saturated rings. The molecule has 19 heavy (non-hydrogen) atoms. The van der Waals surface area contributed by atoms with Crippen molar-refractivity contribution in [3.63, 3.8) is 0 Å². The van der Waals surface area contributed by atoms with E-state index in [1.54, 1.807) is 6.07 Å². The molecule has 0 atom stereocenters. The molecule has 0 saturated heterocycles. The lowest BCUT2D eigenvalue weighted by molar-refractivity contribution is 0.0914. The number of fused-ring (bicyclic) bond motifs is 1. The highest BCUT2D eigenvalue weighted by molar-refractivity contribution is 5.75. The summed E-state index contributed by atoms with van der Waals surface area (Å²) in [5, 5.41) is 16.3. The average molecular weight is 263 g/mol. The highest BCUT2D eigenvalue weighted by atomic mass is 16.5.